The van der Waals surface area contributed by atoms with Gasteiger partial charge in [-0.25, -0.2) is 0 Å². The van der Waals surface area contributed by atoms with E-state index in [1.54, 1.807) is 25.7 Å². The number of ether oxygens (including phenoxy) is 4. The standard InChI is InChI=1S/C24H22ClN5O4S/c1-31-22-20(29-30-26)21-17(13-32-23(34-21)15-5-3-2-4-6-15)33-24(22)35-18-11-16(25)12-28-19(18)14-7-9-27-10-8-14/h2-12,17,20-24H,13H2,1H3/t17?,20?,21-,22?,23?,24+/m0/s1. The van der Waals surface area contributed by atoms with E-state index in [-0.39, 0.29) is 6.61 Å². The van der Waals surface area contributed by atoms with Crippen LogP contribution in [0.3, 0.4) is 0 Å². The number of benzene rings is 1. The van der Waals surface area contributed by atoms with Crippen molar-refractivity contribution in [2.45, 2.75) is 41.0 Å². The van der Waals surface area contributed by atoms with Gasteiger partial charge in [0.1, 0.15) is 23.7 Å². The second-order valence-corrected chi connectivity index (χ2v) is 9.55. The lowest BCUT2D eigenvalue weighted by Gasteiger charge is -2.47. The van der Waals surface area contributed by atoms with Crippen molar-refractivity contribution in [2.24, 2.45) is 5.11 Å². The molecular weight excluding hydrogens is 490 g/mol. The van der Waals surface area contributed by atoms with Gasteiger partial charge in [0, 0.05) is 46.6 Å². The Morgan fingerprint density at radius 3 is 2.71 bits per heavy atom. The molecule has 4 unspecified atom stereocenters. The molecule has 35 heavy (non-hydrogen) atoms. The summed E-state index contributed by atoms with van der Waals surface area (Å²) >= 11 is 7.70. The first-order valence-corrected chi connectivity index (χ1v) is 12.2. The summed E-state index contributed by atoms with van der Waals surface area (Å²) in [4.78, 5) is 12.5. The molecule has 2 aliphatic rings. The van der Waals surface area contributed by atoms with E-state index in [0.29, 0.717) is 5.02 Å². The number of rotatable bonds is 6. The summed E-state index contributed by atoms with van der Waals surface area (Å²) in [5.74, 6) is 0. The molecule has 5 rings (SSSR count). The van der Waals surface area contributed by atoms with Crippen molar-refractivity contribution in [1.82, 2.24) is 9.97 Å². The van der Waals surface area contributed by atoms with E-state index in [2.05, 4.69) is 20.0 Å². The minimum absolute atomic E-state index is 0.278. The summed E-state index contributed by atoms with van der Waals surface area (Å²) in [6.45, 7) is 0.278. The van der Waals surface area contributed by atoms with Gasteiger partial charge in [-0.15, -0.1) is 0 Å². The van der Waals surface area contributed by atoms with Crippen molar-refractivity contribution < 1.29 is 18.9 Å². The summed E-state index contributed by atoms with van der Waals surface area (Å²) in [7, 11) is 1.57. The van der Waals surface area contributed by atoms with Gasteiger partial charge in [-0.3, -0.25) is 9.97 Å². The number of hydrogen-bond donors (Lipinski definition) is 0. The van der Waals surface area contributed by atoms with E-state index in [0.717, 1.165) is 21.7 Å². The Labute approximate surface area is 211 Å². The average molecular weight is 512 g/mol. The van der Waals surface area contributed by atoms with Gasteiger partial charge in [0.05, 0.1) is 23.4 Å². The van der Waals surface area contributed by atoms with Crippen LogP contribution in [0.5, 0.6) is 0 Å². The third kappa shape index (κ3) is 5.14. The highest BCUT2D eigenvalue weighted by atomic mass is 35.5. The maximum atomic E-state index is 9.35. The van der Waals surface area contributed by atoms with E-state index < -0.39 is 36.1 Å². The molecule has 6 atom stereocenters. The number of methoxy groups -OCH3 is 1. The topological polar surface area (TPSA) is 111 Å². The van der Waals surface area contributed by atoms with Crippen molar-refractivity contribution in [1.29, 1.82) is 0 Å². The third-order valence-corrected chi connectivity index (χ3v) is 7.24. The van der Waals surface area contributed by atoms with Crippen LogP contribution in [-0.4, -0.2) is 53.5 Å². The van der Waals surface area contributed by atoms with Crippen LogP contribution in [0.25, 0.3) is 21.7 Å². The van der Waals surface area contributed by atoms with Crippen LogP contribution < -0.4 is 0 Å². The zero-order valence-electron chi connectivity index (χ0n) is 18.7. The first kappa shape index (κ1) is 24.0. The summed E-state index contributed by atoms with van der Waals surface area (Å²) in [6.07, 6.45) is 2.84. The van der Waals surface area contributed by atoms with Crippen molar-refractivity contribution >= 4 is 23.4 Å². The molecule has 2 fully saturated rings. The lowest BCUT2D eigenvalue weighted by Crippen LogP contribution is -2.60. The Balaban J connectivity index is 1.44. The molecule has 180 valence electrons. The second-order valence-electron chi connectivity index (χ2n) is 7.97. The van der Waals surface area contributed by atoms with Gasteiger partial charge in [0.2, 0.25) is 0 Å². The van der Waals surface area contributed by atoms with Crippen molar-refractivity contribution in [3.63, 3.8) is 0 Å². The number of fused-ring (bicyclic) bond motifs is 1. The van der Waals surface area contributed by atoms with Crippen LogP contribution in [0.1, 0.15) is 11.9 Å². The van der Waals surface area contributed by atoms with Crippen LogP contribution in [0.4, 0.5) is 0 Å². The van der Waals surface area contributed by atoms with E-state index >= 15 is 0 Å². The lowest BCUT2D eigenvalue weighted by molar-refractivity contribution is -0.298. The molecule has 2 aromatic heterocycles. The number of nitrogens with zero attached hydrogens (tertiary/aromatic N) is 5. The molecule has 0 amide bonds. The van der Waals surface area contributed by atoms with Gasteiger partial charge in [0.15, 0.2) is 6.29 Å². The molecule has 1 aromatic carbocycles. The fourth-order valence-corrected chi connectivity index (χ4v) is 5.80. The summed E-state index contributed by atoms with van der Waals surface area (Å²) in [6, 6.07) is 14.6. The lowest BCUT2D eigenvalue weighted by atomic mass is 9.96. The molecule has 0 N–H and O–H groups in total. The van der Waals surface area contributed by atoms with Gasteiger partial charge in [0.25, 0.3) is 0 Å². The average Bonchev–Trinajstić information content (AvgIpc) is 2.90. The smallest absolute Gasteiger partial charge is 0.184 e. The minimum Gasteiger partial charge on any atom is -0.377 e. The number of aromatic nitrogens is 2. The summed E-state index contributed by atoms with van der Waals surface area (Å²) in [5, 5.41) is 4.57. The quantitative estimate of drug-likeness (QED) is 0.246. The molecule has 0 saturated carbocycles. The normalized spacial score (nSPS) is 28.1. The molecule has 11 heteroatoms. The molecule has 0 spiro atoms. The maximum Gasteiger partial charge on any atom is 0.184 e. The summed E-state index contributed by atoms with van der Waals surface area (Å²) < 4.78 is 24.4. The van der Waals surface area contributed by atoms with E-state index in [1.807, 2.05) is 48.5 Å². The van der Waals surface area contributed by atoms with Gasteiger partial charge >= 0.3 is 0 Å². The Morgan fingerprint density at radius 1 is 1.17 bits per heavy atom. The molecular formula is C24H22ClN5O4S. The predicted molar refractivity (Wildman–Crippen MR) is 131 cm³/mol. The molecule has 2 saturated heterocycles. The van der Waals surface area contributed by atoms with Gasteiger partial charge in [-0.05, 0) is 23.7 Å². The van der Waals surface area contributed by atoms with Gasteiger partial charge < -0.3 is 18.9 Å². The van der Waals surface area contributed by atoms with Crippen LogP contribution >= 0.6 is 23.4 Å². The van der Waals surface area contributed by atoms with E-state index in [9.17, 15) is 5.53 Å². The molecule has 3 aromatic rings. The zero-order chi connectivity index (χ0) is 24.2. The highest BCUT2D eigenvalue weighted by Crippen LogP contribution is 2.43. The van der Waals surface area contributed by atoms with Crippen molar-refractivity contribution in [3.05, 3.63) is 88.2 Å². The fourth-order valence-electron chi connectivity index (χ4n) is 4.25. The number of hydrogen-bond acceptors (Lipinski definition) is 8. The number of halogens is 1. The van der Waals surface area contributed by atoms with Gasteiger partial charge in [-0.1, -0.05) is 58.8 Å². The zero-order valence-corrected chi connectivity index (χ0v) is 20.2. The Morgan fingerprint density at radius 2 is 1.97 bits per heavy atom. The van der Waals surface area contributed by atoms with Crippen molar-refractivity contribution in [2.75, 3.05) is 13.7 Å². The number of pyridine rings is 2. The van der Waals surface area contributed by atoms with Crippen LogP contribution in [0.2, 0.25) is 5.02 Å². The van der Waals surface area contributed by atoms with E-state index in [1.165, 1.54) is 11.8 Å². The molecule has 0 aliphatic carbocycles. The molecule has 0 radical (unpaired) electrons. The molecule has 4 heterocycles. The number of thioether (sulfide) groups is 1. The Hall–Kier alpha value is -2.69. The minimum atomic E-state index is -0.632. The highest BCUT2D eigenvalue weighted by molar-refractivity contribution is 8.00. The van der Waals surface area contributed by atoms with E-state index in [4.69, 9.17) is 30.5 Å². The SMILES string of the molecule is COC1C(N=[N+]=[N-])[C@H]2OC(c3ccccc3)OCC2O[C@@H]1Sc1cc(Cl)cnc1-c1ccncc1. The number of azide groups is 1. The van der Waals surface area contributed by atoms with Crippen LogP contribution in [0, 0.1) is 0 Å². The Kier molecular flexibility index (Phi) is 7.50. The largest absolute Gasteiger partial charge is 0.377 e. The van der Waals surface area contributed by atoms with Crippen LogP contribution in [0.15, 0.2) is 77.1 Å². The summed E-state index contributed by atoms with van der Waals surface area (Å²) in [5.41, 5.74) is 11.3. The first-order valence-electron chi connectivity index (χ1n) is 10.9. The molecule has 2 aliphatic heterocycles. The predicted octanol–water partition coefficient (Wildman–Crippen LogP) is 5.42. The monoisotopic (exact) mass is 511 g/mol. The molecule has 9 nitrogen and oxygen atoms in total. The highest BCUT2D eigenvalue weighted by Gasteiger charge is 2.50. The second kappa shape index (κ2) is 10.9. The maximum absolute atomic E-state index is 9.35. The molecule has 0 bridgehead atoms. The third-order valence-electron chi connectivity index (χ3n) is 5.85. The van der Waals surface area contributed by atoms with Crippen molar-refractivity contribution in [3.8, 4) is 11.3 Å². The Bertz CT molecular complexity index is 1200. The first-order chi connectivity index (χ1) is 17.2. The fraction of sp³-hybridized carbons (Fsp3) is 0.333. The van der Waals surface area contributed by atoms with Crippen LogP contribution in [-0.2, 0) is 18.9 Å². The van der Waals surface area contributed by atoms with Gasteiger partial charge in [-0.2, -0.15) is 0 Å².